The standard InChI is InChI=1S/C13H18N2/c14-12-6-8-13(9-7-12)15-10-11-4-2-1-3-5-11/h1-5,10,12-13H,6-9,14H2/b15-10+/t12-,13-. The van der Waals surface area contributed by atoms with E-state index >= 15 is 0 Å². The lowest BCUT2D eigenvalue weighted by Crippen LogP contribution is -2.28. The zero-order valence-electron chi connectivity index (χ0n) is 8.97. The minimum atomic E-state index is 0.410. The van der Waals surface area contributed by atoms with Crippen LogP contribution in [-0.2, 0) is 0 Å². The molecule has 1 aromatic carbocycles. The summed E-state index contributed by atoms with van der Waals surface area (Å²) < 4.78 is 0. The van der Waals surface area contributed by atoms with Crippen LogP contribution in [0, 0.1) is 0 Å². The van der Waals surface area contributed by atoms with E-state index in [1.807, 2.05) is 24.4 Å². The Labute approximate surface area is 91.2 Å². The van der Waals surface area contributed by atoms with Crippen molar-refractivity contribution in [2.75, 3.05) is 0 Å². The minimum Gasteiger partial charge on any atom is -0.328 e. The van der Waals surface area contributed by atoms with Crippen LogP contribution in [0.1, 0.15) is 31.2 Å². The highest BCUT2D eigenvalue weighted by Gasteiger charge is 2.16. The number of nitrogens with two attached hydrogens (primary N) is 1. The fourth-order valence-electron chi connectivity index (χ4n) is 1.98. The van der Waals surface area contributed by atoms with Crippen molar-refractivity contribution in [3.8, 4) is 0 Å². The molecule has 0 amide bonds. The minimum absolute atomic E-state index is 0.410. The van der Waals surface area contributed by atoms with Gasteiger partial charge in [0.25, 0.3) is 0 Å². The number of aliphatic imine (C=N–C) groups is 1. The lowest BCUT2D eigenvalue weighted by atomic mass is 9.92. The molecule has 2 nitrogen and oxygen atoms in total. The molecule has 0 atom stereocenters. The maximum atomic E-state index is 5.85. The molecule has 1 aromatic rings. The summed E-state index contributed by atoms with van der Waals surface area (Å²) in [5, 5.41) is 0. The largest absolute Gasteiger partial charge is 0.328 e. The summed E-state index contributed by atoms with van der Waals surface area (Å²) in [5.74, 6) is 0. The van der Waals surface area contributed by atoms with E-state index in [9.17, 15) is 0 Å². The highest BCUT2D eigenvalue weighted by Crippen LogP contribution is 2.19. The summed E-state index contributed by atoms with van der Waals surface area (Å²) >= 11 is 0. The van der Waals surface area contributed by atoms with Gasteiger partial charge in [0.1, 0.15) is 0 Å². The van der Waals surface area contributed by atoms with Gasteiger partial charge >= 0.3 is 0 Å². The summed E-state index contributed by atoms with van der Waals surface area (Å²) in [7, 11) is 0. The Bertz CT molecular complexity index is 311. The van der Waals surface area contributed by atoms with Crippen molar-refractivity contribution in [1.82, 2.24) is 0 Å². The van der Waals surface area contributed by atoms with Crippen LogP contribution >= 0.6 is 0 Å². The number of rotatable bonds is 2. The molecule has 0 bridgehead atoms. The van der Waals surface area contributed by atoms with Crippen molar-refractivity contribution in [3.63, 3.8) is 0 Å². The molecule has 0 heterocycles. The van der Waals surface area contributed by atoms with E-state index in [4.69, 9.17) is 5.73 Å². The number of hydrogen-bond donors (Lipinski definition) is 1. The Morgan fingerprint density at radius 1 is 1.07 bits per heavy atom. The zero-order valence-corrected chi connectivity index (χ0v) is 8.97. The molecule has 0 aliphatic heterocycles. The first-order chi connectivity index (χ1) is 7.34. The van der Waals surface area contributed by atoms with Crippen molar-refractivity contribution >= 4 is 6.21 Å². The lowest BCUT2D eigenvalue weighted by molar-refractivity contribution is 0.397. The molecule has 0 unspecified atom stereocenters. The van der Waals surface area contributed by atoms with Gasteiger partial charge in [0.2, 0.25) is 0 Å². The Morgan fingerprint density at radius 3 is 2.40 bits per heavy atom. The van der Waals surface area contributed by atoms with Gasteiger partial charge in [0, 0.05) is 12.3 Å². The van der Waals surface area contributed by atoms with Gasteiger partial charge in [-0.25, -0.2) is 0 Å². The van der Waals surface area contributed by atoms with E-state index in [1.165, 1.54) is 5.56 Å². The topological polar surface area (TPSA) is 38.4 Å². The summed E-state index contributed by atoms with van der Waals surface area (Å²) in [6.45, 7) is 0. The molecule has 0 radical (unpaired) electrons. The highest BCUT2D eigenvalue weighted by atomic mass is 14.8. The van der Waals surface area contributed by atoms with E-state index in [0.29, 0.717) is 12.1 Å². The van der Waals surface area contributed by atoms with Crippen LogP contribution in [0.3, 0.4) is 0 Å². The van der Waals surface area contributed by atoms with Crippen molar-refractivity contribution in [2.24, 2.45) is 10.7 Å². The predicted octanol–water partition coefficient (Wildman–Crippen LogP) is 2.38. The SMILES string of the molecule is N[C@H]1CC[C@H](/N=C/c2ccccc2)CC1. The fraction of sp³-hybridized carbons (Fsp3) is 0.462. The zero-order chi connectivity index (χ0) is 10.5. The first-order valence-corrected chi connectivity index (χ1v) is 5.68. The third-order valence-electron chi connectivity index (χ3n) is 2.98. The second kappa shape index (κ2) is 5.08. The molecule has 1 aliphatic carbocycles. The number of hydrogen-bond acceptors (Lipinski definition) is 2. The van der Waals surface area contributed by atoms with Crippen molar-refractivity contribution < 1.29 is 0 Å². The molecule has 1 fully saturated rings. The third kappa shape index (κ3) is 3.17. The van der Waals surface area contributed by atoms with E-state index in [0.717, 1.165) is 25.7 Å². The Kier molecular flexibility index (Phi) is 3.51. The van der Waals surface area contributed by atoms with Crippen LogP contribution in [0.15, 0.2) is 35.3 Å². The van der Waals surface area contributed by atoms with Crippen LogP contribution in [-0.4, -0.2) is 18.3 Å². The predicted molar refractivity (Wildman–Crippen MR) is 64.3 cm³/mol. The summed E-state index contributed by atoms with van der Waals surface area (Å²) in [6, 6.07) is 11.2. The molecular formula is C13H18N2. The molecule has 1 saturated carbocycles. The summed E-state index contributed by atoms with van der Waals surface area (Å²) in [5.41, 5.74) is 7.04. The fourth-order valence-corrected chi connectivity index (χ4v) is 1.98. The summed E-state index contributed by atoms with van der Waals surface area (Å²) in [4.78, 5) is 4.61. The van der Waals surface area contributed by atoms with E-state index in [-0.39, 0.29) is 0 Å². The van der Waals surface area contributed by atoms with E-state index < -0.39 is 0 Å². The van der Waals surface area contributed by atoms with Gasteiger partial charge in [-0.15, -0.1) is 0 Å². The first-order valence-electron chi connectivity index (χ1n) is 5.68. The van der Waals surface area contributed by atoms with Gasteiger partial charge in [0.05, 0.1) is 6.04 Å². The lowest BCUT2D eigenvalue weighted by Gasteiger charge is -2.22. The molecule has 15 heavy (non-hydrogen) atoms. The Balaban J connectivity index is 1.89. The number of benzene rings is 1. The van der Waals surface area contributed by atoms with Crippen molar-refractivity contribution in [3.05, 3.63) is 35.9 Å². The molecule has 0 saturated heterocycles. The third-order valence-corrected chi connectivity index (χ3v) is 2.98. The van der Waals surface area contributed by atoms with Crippen LogP contribution in [0.4, 0.5) is 0 Å². The molecule has 2 N–H and O–H groups in total. The van der Waals surface area contributed by atoms with Gasteiger partial charge in [0.15, 0.2) is 0 Å². The molecular weight excluding hydrogens is 184 g/mol. The molecule has 2 heteroatoms. The van der Waals surface area contributed by atoms with Crippen LogP contribution in [0.25, 0.3) is 0 Å². The first kappa shape index (κ1) is 10.4. The van der Waals surface area contributed by atoms with Gasteiger partial charge in [-0.3, -0.25) is 4.99 Å². The molecule has 1 aliphatic rings. The van der Waals surface area contributed by atoms with Gasteiger partial charge in [-0.1, -0.05) is 30.3 Å². The van der Waals surface area contributed by atoms with Crippen LogP contribution in [0.2, 0.25) is 0 Å². The van der Waals surface area contributed by atoms with Crippen LogP contribution in [0.5, 0.6) is 0 Å². The molecule has 0 spiro atoms. The monoisotopic (exact) mass is 202 g/mol. The average molecular weight is 202 g/mol. The van der Waals surface area contributed by atoms with Crippen LogP contribution < -0.4 is 5.73 Å². The van der Waals surface area contributed by atoms with Gasteiger partial charge in [-0.05, 0) is 31.2 Å². The van der Waals surface area contributed by atoms with Gasteiger partial charge < -0.3 is 5.73 Å². The Hall–Kier alpha value is -1.15. The average Bonchev–Trinajstić information content (AvgIpc) is 2.30. The smallest absolute Gasteiger partial charge is 0.0501 e. The second-order valence-electron chi connectivity index (χ2n) is 4.26. The number of nitrogens with zero attached hydrogens (tertiary/aromatic N) is 1. The maximum Gasteiger partial charge on any atom is 0.0501 e. The van der Waals surface area contributed by atoms with E-state index in [2.05, 4.69) is 17.1 Å². The second-order valence-corrected chi connectivity index (χ2v) is 4.26. The maximum absolute atomic E-state index is 5.85. The quantitative estimate of drug-likeness (QED) is 0.735. The van der Waals surface area contributed by atoms with Crippen molar-refractivity contribution in [2.45, 2.75) is 37.8 Å². The normalized spacial score (nSPS) is 27.0. The molecule has 80 valence electrons. The molecule has 2 rings (SSSR count). The highest BCUT2D eigenvalue weighted by molar-refractivity contribution is 5.79. The Morgan fingerprint density at radius 2 is 1.73 bits per heavy atom. The van der Waals surface area contributed by atoms with Gasteiger partial charge in [-0.2, -0.15) is 0 Å². The van der Waals surface area contributed by atoms with Crippen molar-refractivity contribution in [1.29, 1.82) is 0 Å². The van der Waals surface area contributed by atoms with E-state index in [1.54, 1.807) is 0 Å². The molecule has 0 aromatic heterocycles. The summed E-state index contributed by atoms with van der Waals surface area (Å²) in [6.07, 6.45) is 6.52.